The average molecular weight is 520 g/mol. The van der Waals surface area contributed by atoms with E-state index in [4.69, 9.17) is 14.6 Å². The van der Waals surface area contributed by atoms with Gasteiger partial charge in [0, 0.05) is 43.4 Å². The van der Waals surface area contributed by atoms with E-state index < -0.39 is 47.4 Å². The fourth-order valence-corrected chi connectivity index (χ4v) is 3.07. The molecule has 0 aliphatic heterocycles. The van der Waals surface area contributed by atoms with E-state index in [1.807, 2.05) is 0 Å². The molecule has 191 valence electrons. The van der Waals surface area contributed by atoms with Gasteiger partial charge in [0.05, 0.1) is 19.6 Å². The van der Waals surface area contributed by atoms with Crippen LogP contribution in [0.2, 0.25) is 0 Å². The van der Waals surface area contributed by atoms with Gasteiger partial charge in [0.2, 0.25) is 0 Å². The van der Waals surface area contributed by atoms with Crippen LogP contribution in [-0.4, -0.2) is 119 Å². The summed E-state index contributed by atoms with van der Waals surface area (Å²) in [6.45, 7) is 0.724. The van der Waals surface area contributed by atoms with Crippen LogP contribution in [0.3, 0.4) is 0 Å². The van der Waals surface area contributed by atoms with Crippen LogP contribution in [0.4, 0.5) is 11.6 Å². The molecule has 0 saturated heterocycles. The van der Waals surface area contributed by atoms with Crippen molar-refractivity contribution in [3.63, 3.8) is 0 Å². The molecule has 2 aromatic heterocycles. The van der Waals surface area contributed by atoms with Crippen molar-refractivity contribution >= 4 is 59.1 Å². The number of carbonyl (C=O) groups excluding carboxylic acids is 2. The molecule has 0 bridgehead atoms. The SMILES string of the molecule is Cc1ncc([N+](=O)[O-])n1CCOC(=O)CN(CC(=O)O)CC(=O)OCCn1c([N+](=O)[O-])cnc1C.[Na]. The second kappa shape index (κ2) is 14.2. The molecule has 0 aromatic carbocycles. The number of aryl methyl sites for hydroxylation is 2. The zero-order valence-corrected chi connectivity index (χ0v) is 21.9. The summed E-state index contributed by atoms with van der Waals surface area (Å²) in [6.07, 6.45) is 2.15. The van der Waals surface area contributed by atoms with Crippen molar-refractivity contribution in [3.8, 4) is 0 Å². The summed E-state index contributed by atoms with van der Waals surface area (Å²) in [5.41, 5.74) is 0. The van der Waals surface area contributed by atoms with Gasteiger partial charge < -0.3 is 34.8 Å². The number of ether oxygens (including phenoxy) is 2. The maximum atomic E-state index is 12.1. The molecule has 2 heterocycles. The summed E-state index contributed by atoms with van der Waals surface area (Å²) in [6, 6.07) is 0. The van der Waals surface area contributed by atoms with Gasteiger partial charge in [0.15, 0.2) is 11.6 Å². The summed E-state index contributed by atoms with van der Waals surface area (Å²) in [5, 5.41) is 31.0. The van der Waals surface area contributed by atoms with Crippen LogP contribution in [-0.2, 0) is 36.9 Å². The Morgan fingerprint density at radius 2 is 1.28 bits per heavy atom. The zero-order valence-electron chi connectivity index (χ0n) is 19.9. The van der Waals surface area contributed by atoms with Crippen molar-refractivity contribution < 1.29 is 38.8 Å². The Labute approximate surface area is 225 Å². The molecule has 2 rings (SSSR count). The van der Waals surface area contributed by atoms with Gasteiger partial charge >= 0.3 is 29.5 Å². The predicted octanol–water partition coefficient (Wildman–Crippen LogP) is -0.695. The quantitative estimate of drug-likeness (QED) is 0.141. The number of aromatic nitrogens is 4. The maximum Gasteiger partial charge on any atom is 0.342 e. The molecule has 0 aliphatic carbocycles. The summed E-state index contributed by atoms with van der Waals surface area (Å²) in [7, 11) is 0. The first-order valence-corrected chi connectivity index (χ1v) is 10.1. The third-order valence-electron chi connectivity index (χ3n) is 4.66. The van der Waals surface area contributed by atoms with Gasteiger partial charge in [-0.25, -0.2) is 19.1 Å². The van der Waals surface area contributed by atoms with Crippen molar-refractivity contribution in [2.24, 2.45) is 0 Å². The van der Waals surface area contributed by atoms with E-state index in [-0.39, 0.29) is 67.5 Å². The van der Waals surface area contributed by atoms with Crippen molar-refractivity contribution in [1.82, 2.24) is 24.0 Å². The minimum Gasteiger partial charge on any atom is -0.480 e. The first-order chi connectivity index (χ1) is 16.5. The van der Waals surface area contributed by atoms with E-state index in [0.29, 0.717) is 11.6 Å². The van der Waals surface area contributed by atoms with Crippen LogP contribution in [0.1, 0.15) is 11.6 Å². The third kappa shape index (κ3) is 8.99. The molecule has 1 N–H and O–H groups in total. The van der Waals surface area contributed by atoms with Gasteiger partial charge in [-0.05, 0) is 9.85 Å². The van der Waals surface area contributed by atoms with E-state index in [2.05, 4.69) is 9.97 Å². The standard InChI is InChI=1S/C18H23N7O10.Na/c1-12-19-7-14(24(30)31)22(12)3-5-34-17(28)10-21(9-16(26)27)11-18(29)35-6-4-23-13(2)20-8-15(23)25(32)33;/h7-8H,3-6,9-11H2,1-2H3,(H,26,27);. The number of aliphatic carboxylic acids is 1. The van der Waals surface area contributed by atoms with E-state index in [1.165, 1.54) is 9.13 Å². The summed E-state index contributed by atoms with van der Waals surface area (Å²) >= 11 is 0. The molecule has 0 fully saturated rings. The first-order valence-electron chi connectivity index (χ1n) is 10.1. The number of imidazole rings is 2. The molecular formula is C18H23N7NaO10. The second-order valence-corrected chi connectivity index (χ2v) is 7.12. The molecule has 18 heteroatoms. The average Bonchev–Trinajstić information content (AvgIpc) is 3.30. The van der Waals surface area contributed by atoms with Crippen molar-refractivity contribution in [3.05, 3.63) is 44.3 Å². The smallest absolute Gasteiger partial charge is 0.342 e. The third-order valence-corrected chi connectivity index (χ3v) is 4.66. The molecular weight excluding hydrogens is 497 g/mol. The van der Waals surface area contributed by atoms with Crippen LogP contribution in [0, 0.1) is 34.1 Å². The van der Waals surface area contributed by atoms with Crippen molar-refractivity contribution in [2.45, 2.75) is 26.9 Å². The number of esters is 2. The molecule has 0 unspecified atom stereocenters. The molecule has 0 aliphatic rings. The largest absolute Gasteiger partial charge is 0.480 e. The van der Waals surface area contributed by atoms with Gasteiger partial charge in [0.1, 0.15) is 38.7 Å². The molecule has 0 spiro atoms. The fourth-order valence-electron chi connectivity index (χ4n) is 3.07. The van der Waals surface area contributed by atoms with Gasteiger partial charge in [-0.3, -0.25) is 19.3 Å². The van der Waals surface area contributed by atoms with Gasteiger partial charge in [-0.15, -0.1) is 0 Å². The molecule has 0 amide bonds. The van der Waals surface area contributed by atoms with Crippen LogP contribution in [0.15, 0.2) is 12.4 Å². The van der Waals surface area contributed by atoms with E-state index in [9.17, 15) is 34.6 Å². The number of carboxylic acid groups (broad SMARTS) is 1. The Hall–Kier alpha value is -3.41. The number of hydrogen-bond donors (Lipinski definition) is 1. The van der Waals surface area contributed by atoms with Crippen molar-refractivity contribution in [1.29, 1.82) is 0 Å². The Morgan fingerprint density at radius 3 is 1.61 bits per heavy atom. The van der Waals surface area contributed by atoms with Gasteiger partial charge in [0.25, 0.3) is 0 Å². The summed E-state index contributed by atoms with van der Waals surface area (Å²) in [5.74, 6) is -2.87. The number of carbonyl (C=O) groups is 3. The Balaban J connectivity index is 0.00000648. The topological polar surface area (TPSA) is 215 Å². The molecule has 17 nitrogen and oxygen atoms in total. The predicted molar refractivity (Wildman–Crippen MR) is 119 cm³/mol. The first kappa shape index (κ1) is 30.6. The Kier molecular flexibility index (Phi) is 12.1. The second-order valence-electron chi connectivity index (χ2n) is 7.12. The van der Waals surface area contributed by atoms with Crippen LogP contribution in [0.25, 0.3) is 0 Å². The van der Waals surface area contributed by atoms with Crippen LogP contribution >= 0.6 is 0 Å². The van der Waals surface area contributed by atoms with E-state index >= 15 is 0 Å². The Bertz CT molecular complexity index is 1040. The molecule has 0 atom stereocenters. The van der Waals surface area contributed by atoms with Crippen LogP contribution in [0.5, 0.6) is 0 Å². The van der Waals surface area contributed by atoms with E-state index in [0.717, 1.165) is 17.3 Å². The molecule has 36 heavy (non-hydrogen) atoms. The molecule has 1 radical (unpaired) electrons. The van der Waals surface area contributed by atoms with Gasteiger partial charge in [-0.1, -0.05) is 0 Å². The number of nitro groups is 2. The number of rotatable bonds is 14. The molecule has 2 aromatic rings. The minimum absolute atomic E-state index is 0. The normalized spacial score (nSPS) is 10.5. The minimum atomic E-state index is -1.31. The summed E-state index contributed by atoms with van der Waals surface area (Å²) in [4.78, 5) is 64.7. The molecule has 0 saturated carbocycles. The summed E-state index contributed by atoms with van der Waals surface area (Å²) < 4.78 is 12.5. The number of nitrogens with zero attached hydrogens (tertiary/aromatic N) is 7. The monoisotopic (exact) mass is 520 g/mol. The van der Waals surface area contributed by atoms with Gasteiger partial charge in [-0.2, -0.15) is 0 Å². The zero-order chi connectivity index (χ0) is 26.1. The van der Waals surface area contributed by atoms with E-state index in [1.54, 1.807) is 13.8 Å². The van der Waals surface area contributed by atoms with Crippen molar-refractivity contribution in [2.75, 3.05) is 32.8 Å². The number of carboxylic acids is 1. The fraction of sp³-hybridized carbons (Fsp3) is 0.500. The van der Waals surface area contributed by atoms with Crippen LogP contribution < -0.4 is 0 Å². The number of hydrogen-bond acceptors (Lipinski definition) is 12. The Morgan fingerprint density at radius 1 is 0.889 bits per heavy atom. The maximum absolute atomic E-state index is 12.1.